The summed E-state index contributed by atoms with van der Waals surface area (Å²) < 4.78 is 0. The second kappa shape index (κ2) is 6.05. The third-order valence-corrected chi connectivity index (χ3v) is 3.08. The monoisotopic (exact) mass is 196 g/mol. The molecule has 2 nitrogen and oxygen atoms in total. The minimum Gasteiger partial charge on any atom is -0.387 e. The van der Waals surface area contributed by atoms with Crippen LogP contribution < -0.4 is 5.73 Å². The Labute approximate surface area is 88.0 Å². The fourth-order valence-electron chi connectivity index (χ4n) is 2.15. The Balaban J connectivity index is 2.39. The Hall–Kier alpha value is -0.530. The average molecular weight is 196 g/mol. The van der Waals surface area contributed by atoms with Crippen LogP contribution in [0.5, 0.6) is 0 Å². The first-order chi connectivity index (χ1) is 6.72. The predicted octanol–water partition coefficient (Wildman–Crippen LogP) is 3.11. The molecular weight excluding hydrogens is 172 g/mol. The highest BCUT2D eigenvalue weighted by Gasteiger charge is 2.15. The highest BCUT2D eigenvalue weighted by Crippen LogP contribution is 2.24. The summed E-state index contributed by atoms with van der Waals surface area (Å²) in [7, 11) is 0. The van der Waals surface area contributed by atoms with E-state index in [0.717, 1.165) is 24.6 Å². The summed E-state index contributed by atoms with van der Waals surface area (Å²) in [6.07, 6.45) is 8.59. The molecule has 0 aromatic carbocycles. The third-order valence-electron chi connectivity index (χ3n) is 3.08. The molecule has 0 radical (unpaired) electrons. The summed E-state index contributed by atoms with van der Waals surface area (Å²) in [4.78, 5) is 4.61. The largest absolute Gasteiger partial charge is 0.387 e. The molecule has 0 bridgehead atoms. The van der Waals surface area contributed by atoms with E-state index in [4.69, 9.17) is 5.73 Å². The molecule has 1 rings (SSSR count). The lowest BCUT2D eigenvalue weighted by molar-refractivity contribution is 0.499. The summed E-state index contributed by atoms with van der Waals surface area (Å²) in [5, 5.41) is 0. The standard InChI is InChI=1S/C12H24N2/c1-3-5-12(13)14-11-7-4-6-10(2)8-9-11/h10-11H,3-9H2,1-2H3,(H2,13,14). The molecule has 2 unspecified atom stereocenters. The van der Waals surface area contributed by atoms with Crippen LogP contribution in [-0.2, 0) is 0 Å². The van der Waals surface area contributed by atoms with Crippen molar-refractivity contribution < 1.29 is 0 Å². The predicted molar refractivity (Wildman–Crippen MR) is 62.6 cm³/mol. The van der Waals surface area contributed by atoms with E-state index >= 15 is 0 Å². The molecule has 0 heterocycles. The van der Waals surface area contributed by atoms with E-state index in [1.807, 2.05) is 0 Å². The van der Waals surface area contributed by atoms with Gasteiger partial charge in [0, 0.05) is 6.42 Å². The molecule has 0 aliphatic heterocycles. The van der Waals surface area contributed by atoms with Crippen molar-refractivity contribution in [3.8, 4) is 0 Å². The lowest BCUT2D eigenvalue weighted by Crippen LogP contribution is -2.16. The van der Waals surface area contributed by atoms with Gasteiger partial charge in [0.25, 0.3) is 0 Å². The molecule has 1 aliphatic rings. The Morgan fingerprint density at radius 1 is 1.29 bits per heavy atom. The van der Waals surface area contributed by atoms with Crippen LogP contribution in [0.3, 0.4) is 0 Å². The highest BCUT2D eigenvalue weighted by atomic mass is 14.9. The fourth-order valence-corrected chi connectivity index (χ4v) is 2.15. The Kier molecular flexibility index (Phi) is 4.99. The van der Waals surface area contributed by atoms with Gasteiger partial charge in [-0.3, -0.25) is 4.99 Å². The topological polar surface area (TPSA) is 38.4 Å². The number of hydrogen-bond donors (Lipinski definition) is 1. The molecule has 1 aliphatic carbocycles. The Morgan fingerprint density at radius 3 is 2.79 bits per heavy atom. The quantitative estimate of drug-likeness (QED) is 0.420. The molecule has 2 atom stereocenters. The van der Waals surface area contributed by atoms with Crippen molar-refractivity contribution >= 4 is 5.84 Å². The highest BCUT2D eigenvalue weighted by molar-refractivity contribution is 5.80. The third kappa shape index (κ3) is 4.12. The molecule has 0 spiro atoms. The van der Waals surface area contributed by atoms with Crippen LogP contribution in [0.2, 0.25) is 0 Å². The minimum absolute atomic E-state index is 0.520. The molecule has 14 heavy (non-hydrogen) atoms. The van der Waals surface area contributed by atoms with Gasteiger partial charge in [0.05, 0.1) is 11.9 Å². The van der Waals surface area contributed by atoms with E-state index in [0.29, 0.717) is 6.04 Å². The number of amidine groups is 1. The van der Waals surface area contributed by atoms with Crippen LogP contribution >= 0.6 is 0 Å². The number of nitrogens with two attached hydrogens (primary N) is 1. The van der Waals surface area contributed by atoms with Gasteiger partial charge in [-0.2, -0.15) is 0 Å². The zero-order chi connectivity index (χ0) is 10.4. The molecular formula is C12H24N2. The maximum absolute atomic E-state index is 5.85. The average Bonchev–Trinajstić information content (AvgIpc) is 2.32. The van der Waals surface area contributed by atoms with Crippen molar-refractivity contribution in [1.82, 2.24) is 0 Å². The molecule has 2 heteroatoms. The maximum Gasteiger partial charge on any atom is 0.0940 e. The van der Waals surface area contributed by atoms with Crippen molar-refractivity contribution in [2.75, 3.05) is 0 Å². The summed E-state index contributed by atoms with van der Waals surface area (Å²) >= 11 is 0. The zero-order valence-electron chi connectivity index (χ0n) is 9.63. The first-order valence-electron chi connectivity index (χ1n) is 6.04. The van der Waals surface area contributed by atoms with Gasteiger partial charge in [-0.1, -0.05) is 26.7 Å². The van der Waals surface area contributed by atoms with E-state index in [1.165, 1.54) is 32.1 Å². The van der Waals surface area contributed by atoms with Crippen LogP contribution in [0.15, 0.2) is 4.99 Å². The smallest absolute Gasteiger partial charge is 0.0940 e. The van der Waals surface area contributed by atoms with Crippen molar-refractivity contribution in [1.29, 1.82) is 0 Å². The van der Waals surface area contributed by atoms with Crippen LogP contribution in [0.4, 0.5) is 0 Å². The normalized spacial score (nSPS) is 30.0. The molecule has 0 amide bonds. The van der Waals surface area contributed by atoms with Gasteiger partial charge >= 0.3 is 0 Å². The Bertz CT molecular complexity index is 187. The fraction of sp³-hybridized carbons (Fsp3) is 0.917. The van der Waals surface area contributed by atoms with Crippen molar-refractivity contribution in [3.63, 3.8) is 0 Å². The molecule has 0 saturated heterocycles. The van der Waals surface area contributed by atoms with E-state index in [1.54, 1.807) is 0 Å². The van der Waals surface area contributed by atoms with Gasteiger partial charge in [-0.05, 0) is 31.6 Å². The van der Waals surface area contributed by atoms with Crippen LogP contribution in [0.25, 0.3) is 0 Å². The van der Waals surface area contributed by atoms with Crippen LogP contribution in [0.1, 0.15) is 58.8 Å². The summed E-state index contributed by atoms with van der Waals surface area (Å²) in [6.45, 7) is 4.50. The minimum atomic E-state index is 0.520. The van der Waals surface area contributed by atoms with Gasteiger partial charge in [0.2, 0.25) is 0 Å². The Morgan fingerprint density at radius 2 is 2.07 bits per heavy atom. The van der Waals surface area contributed by atoms with Gasteiger partial charge in [-0.15, -0.1) is 0 Å². The van der Waals surface area contributed by atoms with Crippen LogP contribution in [-0.4, -0.2) is 11.9 Å². The van der Waals surface area contributed by atoms with Crippen LogP contribution in [0, 0.1) is 5.92 Å². The first-order valence-corrected chi connectivity index (χ1v) is 6.04. The number of rotatable bonds is 3. The second-order valence-corrected chi connectivity index (χ2v) is 4.64. The van der Waals surface area contributed by atoms with E-state index in [9.17, 15) is 0 Å². The number of hydrogen-bond acceptors (Lipinski definition) is 1. The van der Waals surface area contributed by atoms with Gasteiger partial charge in [0.1, 0.15) is 0 Å². The van der Waals surface area contributed by atoms with E-state index in [2.05, 4.69) is 18.8 Å². The molecule has 0 aromatic heterocycles. The van der Waals surface area contributed by atoms with Crippen molar-refractivity contribution in [2.45, 2.75) is 64.8 Å². The second-order valence-electron chi connectivity index (χ2n) is 4.64. The van der Waals surface area contributed by atoms with Crippen molar-refractivity contribution in [2.24, 2.45) is 16.6 Å². The van der Waals surface area contributed by atoms with E-state index < -0.39 is 0 Å². The van der Waals surface area contributed by atoms with Gasteiger partial charge < -0.3 is 5.73 Å². The number of aliphatic imine (C=N–C) groups is 1. The molecule has 82 valence electrons. The SMILES string of the molecule is CCCC(N)=NC1CCCC(C)CC1. The summed E-state index contributed by atoms with van der Waals surface area (Å²) in [5.41, 5.74) is 5.85. The van der Waals surface area contributed by atoms with E-state index in [-0.39, 0.29) is 0 Å². The lowest BCUT2D eigenvalue weighted by Gasteiger charge is -2.10. The maximum atomic E-state index is 5.85. The zero-order valence-corrected chi connectivity index (χ0v) is 9.63. The summed E-state index contributed by atoms with van der Waals surface area (Å²) in [6, 6.07) is 0.520. The van der Waals surface area contributed by atoms with Crippen molar-refractivity contribution in [3.05, 3.63) is 0 Å². The van der Waals surface area contributed by atoms with Gasteiger partial charge in [-0.25, -0.2) is 0 Å². The summed E-state index contributed by atoms with van der Waals surface area (Å²) in [5.74, 6) is 1.76. The van der Waals surface area contributed by atoms with Gasteiger partial charge in [0.15, 0.2) is 0 Å². The molecule has 1 fully saturated rings. The molecule has 2 N–H and O–H groups in total. The number of nitrogens with zero attached hydrogens (tertiary/aromatic N) is 1. The molecule has 1 saturated carbocycles. The lowest BCUT2D eigenvalue weighted by atomic mass is 10.0. The first kappa shape index (κ1) is 11.5. The molecule has 0 aromatic rings.